The molecule has 0 aliphatic carbocycles. The average molecular weight is 201 g/mol. The Hall–Kier alpha value is 0.137. The zero-order chi connectivity index (χ0) is 10.2. The number of aliphatic hydroxyl groups excluding tert-OH is 1. The molecule has 1 aliphatic heterocycles. The fourth-order valence-electron chi connectivity index (χ4n) is 2.68. The maximum Gasteiger partial charge on any atom is 0.0793 e. The zero-order valence-corrected chi connectivity index (χ0v) is 10.5. The fourth-order valence-corrected chi connectivity index (χ4v) is 5.99. The SMILES string of the molecule is CC(C)C(N1CC(O)C1)[Si](C)(C)C. The molecular formula is C10H23NOSi. The van der Waals surface area contributed by atoms with Crippen LogP contribution in [0.1, 0.15) is 13.8 Å². The van der Waals surface area contributed by atoms with Gasteiger partial charge in [-0.05, 0) is 5.92 Å². The van der Waals surface area contributed by atoms with Crippen molar-refractivity contribution in [2.75, 3.05) is 13.1 Å². The predicted molar refractivity (Wildman–Crippen MR) is 59.6 cm³/mol. The third-order valence-electron chi connectivity index (χ3n) is 2.80. The van der Waals surface area contributed by atoms with E-state index in [1.54, 1.807) is 0 Å². The lowest BCUT2D eigenvalue weighted by Crippen LogP contribution is -2.64. The summed E-state index contributed by atoms with van der Waals surface area (Å²) in [7, 11) is -1.10. The van der Waals surface area contributed by atoms with Crippen molar-refractivity contribution in [2.45, 2.75) is 45.3 Å². The van der Waals surface area contributed by atoms with Crippen LogP contribution >= 0.6 is 0 Å². The first-order chi connectivity index (χ1) is 5.82. The van der Waals surface area contributed by atoms with Gasteiger partial charge in [-0.25, -0.2) is 0 Å². The van der Waals surface area contributed by atoms with Crippen LogP contribution in [-0.2, 0) is 0 Å². The molecule has 0 aromatic heterocycles. The van der Waals surface area contributed by atoms with Gasteiger partial charge in [0, 0.05) is 18.8 Å². The Morgan fingerprint density at radius 3 is 1.92 bits per heavy atom. The number of hydrogen-bond donors (Lipinski definition) is 1. The molecule has 3 heteroatoms. The summed E-state index contributed by atoms with van der Waals surface area (Å²) >= 11 is 0. The Bertz CT molecular complexity index is 170. The van der Waals surface area contributed by atoms with Gasteiger partial charge in [-0.1, -0.05) is 33.5 Å². The summed E-state index contributed by atoms with van der Waals surface area (Å²) in [5.74, 6) is 0.721. The third-order valence-corrected chi connectivity index (χ3v) is 5.61. The Labute approximate surface area is 83.0 Å². The molecule has 0 radical (unpaired) electrons. The Balaban J connectivity index is 2.59. The van der Waals surface area contributed by atoms with Crippen molar-refractivity contribution < 1.29 is 5.11 Å². The smallest absolute Gasteiger partial charge is 0.0793 e. The van der Waals surface area contributed by atoms with E-state index in [4.69, 9.17) is 0 Å². The first kappa shape index (κ1) is 11.2. The van der Waals surface area contributed by atoms with Gasteiger partial charge in [0.05, 0.1) is 14.2 Å². The molecule has 0 aromatic rings. The standard InChI is InChI=1S/C10H23NOSi/c1-8(2)10(13(3,4)5)11-6-9(12)7-11/h8-10,12H,6-7H2,1-5H3. The molecule has 1 aliphatic rings. The minimum Gasteiger partial charge on any atom is -0.390 e. The lowest BCUT2D eigenvalue weighted by atomic mass is 10.1. The monoisotopic (exact) mass is 201 g/mol. The highest BCUT2D eigenvalue weighted by molar-refractivity contribution is 6.77. The zero-order valence-electron chi connectivity index (χ0n) is 9.54. The van der Waals surface area contributed by atoms with Crippen LogP contribution in [0.25, 0.3) is 0 Å². The van der Waals surface area contributed by atoms with Gasteiger partial charge in [0.25, 0.3) is 0 Å². The van der Waals surface area contributed by atoms with E-state index in [0.717, 1.165) is 24.7 Å². The Morgan fingerprint density at radius 1 is 1.23 bits per heavy atom. The summed E-state index contributed by atoms with van der Waals surface area (Å²) in [5, 5.41) is 9.29. The molecule has 78 valence electrons. The summed E-state index contributed by atoms with van der Waals surface area (Å²) in [6.07, 6.45) is -0.0578. The molecule has 1 atom stereocenters. The maximum atomic E-state index is 9.29. The second kappa shape index (κ2) is 3.71. The minimum absolute atomic E-state index is 0.0578. The van der Waals surface area contributed by atoms with Crippen LogP contribution in [0.15, 0.2) is 0 Å². The van der Waals surface area contributed by atoms with Crippen molar-refractivity contribution in [3.05, 3.63) is 0 Å². The number of rotatable bonds is 3. The molecule has 1 fully saturated rings. The number of nitrogens with zero attached hydrogens (tertiary/aromatic N) is 1. The molecular weight excluding hydrogens is 178 g/mol. The Morgan fingerprint density at radius 2 is 1.69 bits per heavy atom. The lowest BCUT2D eigenvalue weighted by molar-refractivity contribution is -0.0175. The molecule has 0 aromatic carbocycles. The molecule has 1 heterocycles. The number of β-amino-alcohol motifs (C(OH)–C–C–N with tert-alkyl or cyclic N) is 1. The van der Waals surface area contributed by atoms with Crippen molar-refractivity contribution in [3.8, 4) is 0 Å². The molecule has 0 bridgehead atoms. The van der Waals surface area contributed by atoms with E-state index in [-0.39, 0.29) is 6.10 Å². The molecule has 1 N–H and O–H groups in total. The number of aliphatic hydroxyl groups is 1. The van der Waals surface area contributed by atoms with Crippen molar-refractivity contribution in [3.63, 3.8) is 0 Å². The van der Waals surface area contributed by atoms with Crippen molar-refractivity contribution >= 4 is 8.07 Å². The summed E-state index contributed by atoms with van der Waals surface area (Å²) in [6, 6.07) is 0. The van der Waals surface area contributed by atoms with Crippen LogP contribution in [0, 0.1) is 5.92 Å². The van der Waals surface area contributed by atoms with Gasteiger partial charge in [-0.3, -0.25) is 4.90 Å². The molecule has 13 heavy (non-hydrogen) atoms. The largest absolute Gasteiger partial charge is 0.390 e. The minimum atomic E-state index is -1.10. The molecule has 0 saturated carbocycles. The van der Waals surface area contributed by atoms with Gasteiger partial charge < -0.3 is 5.11 Å². The second-order valence-electron chi connectivity index (χ2n) is 5.66. The summed E-state index contributed by atoms with van der Waals surface area (Å²) < 4.78 is 0. The van der Waals surface area contributed by atoms with Gasteiger partial charge in [-0.2, -0.15) is 0 Å². The van der Waals surface area contributed by atoms with Crippen LogP contribution < -0.4 is 0 Å². The molecule has 0 spiro atoms. The van der Waals surface area contributed by atoms with Gasteiger partial charge >= 0.3 is 0 Å². The van der Waals surface area contributed by atoms with Crippen LogP contribution in [0.3, 0.4) is 0 Å². The van der Waals surface area contributed by atoms with E-state index in [0.29, 0.717) is 0 Å². The van der Waals surface area contributed by atoms with E-state index in [1.807, 2.05) is 0 Å². The number of likely N-dealkylation sites (tertiary alicyclic amines) is 1. The first-order valence-electron chi connectivity index (χ1n) is 5.24. The van der Waals surface area contributed by atoms with E-state index in [2.05, 4.69) is 38.4 Å². The highest BCUT2D eigenvalue weighted by Crippen LogP contribution is 2.26. The van der Waals surface area contributed by atoms with E-state index in [1.165, 1.54) is 0 Å². The maximum absolute atomic E-state index is 9.29. The molecule has 1 unspecified atom stereocenters. The van der Waals surface area contributed by atoms with Crippen LogP contribution in [0.4, 0.5) is 0 Å². The molecule has 1 rings (SSSR count). The van der Waals surface area contributed by atoms with Crippen molar-refractivity contribution in [1.82, 2.24) is 4.90 Å². The van der Waals surface area contributed by atoms with E-state index >= 15 is 0 Å². The Kier molecular flexibility index (Phi) is 3.20. The van der Waals surface area contributed by atoms with Crippen molar-refractivity contribution in [1.29, 1.82) is 0 Å². The third kappa shape index (κ3) is 2.54. The number of hydrogen-bond acceptors (Lipinski definition) is 2. The van der Waals surface area contributed by atoms with Gasteiger partial charge in [0.2, 0.25) is 0 Å². The van der Waals surface area contributed by atoms with E-state index in [9.17, 15) is 5.11 Å². The van der Waals surface area contributed by atoms with Crippen LogP contribution in [0.5, 0.6) is 0 Å². The molecule has 2 nitrogen and oxygen atoms in total. The van der Waals surface area contributed by atoms with Crippen molar-refractivity contribution in [2.24, 2.45) is 5.92 Å². The summed E-state index contributed by atoms with van der Waals surface area (Å²) in [5.41, 5.74) is 0.732. The van der Waals surface area contributed by atoms with Crippen LogP contribution in [0.2, 0.25) is 19.6 Å². The lowest BCUT2D eigenvalue weighted by Gasteiger charge is -2.48. The van der Waals surface area contributed by atoms with Gasteiger partial charge in [-0.15, -0.1) is 0 Å². The molecule has 1 saturated heterocycles. The molecule has 0 amide bonds. The highest BCUT2D eigenvalue weighted by atomic mass is 28.3. The average Bonchev–Trinajstić information content (AvgIpc) is 1.79. The summed E-state index contributed by atoms with van der Waals surface area (Å²) in [4.78, 5) is 2.46. The quantitative estimate of drug-likeness (QED) is 0.701. The predicted octanol–water partition coefficient (Wildman–Crippen LogP) is 1.56. The van der Waals surface area contributed by atoms with Gasteiger partial charge in [0.15, 0.2) is 0 Å². The van der Waals surface area contributed by atoms with E-state index < -0.39 is 8.07 Å². The topological polar surface area (TPSA) is 23.5 Å². The summed E-state index contributed by atoms with van der Waals surface area (Å²) in [6.45, 7) is 13.6. The highest BCUT2D eigenvalue weighted by Gasteiger charge is 2.39. The fraction of sp³-hybridized carbons (Fsp3) is 1.00. The van der Waals surface area contributed by atoms with Crippen LogP contribution in [-0.4, -0.2) is 42.9 Å². The normalized spacial score (nSPS) is 23.3. The second-order valence-corrected chi connectivity index (χ2v) is 11.0. The van der Waals surface area contributed by atoms with Gasteiger partial charge in [0.1, 0.15) is 0 Å². The first-order valence-corrected chi connectivity index (χ1v) is 8.82.